The number of nitrogens with zero attached hydrogens (tertiary/aromatic N) is 2. The third-order valence-corrected chi connectivity index (χ3v) is 5.87. The second kappa shape index (κ2) is 6.95. The van der Waals surface area contributed by atoms with Crippen LogP contribution >= 0.6 is 11.3 Å². The average molecular weight is 363 g/mol. The predicted molar refractivity (Wildman–Crippen MR) is 95.0 cm³/mol. The molecule has 3 heterocycles. The molecule has 1 aliphatic rings. The molecular formula is C17H21N3O4S. The molecule has 134 valence electrons. The van der Waals surface area contributed by atoms with Crippen molar-refractivity contribution >= 4 is 33.4 Å². The number of hydrogen-bond donors (Lipinski definition) is 2. The lowest BCUT2D eigenvalue weighted by Crippen LogP contribution is -2.48. The van der Waals surface area contributed by atoms with E-state index in [0.717, 1.165) is 23.3 Å². The average Bonchev–Trinajstić information content (AvgIpc) is 2.87. The van der Waals surface area contributed by atoms with Crippen molar-refractivity contribution in [3.8, 4) is 0 Å². The molecular weight excluding hydrogens is 342 g/mol. The first kappa shape index (κ1) is 17.6. The first-order valence-corrected chi connectivity index (χ1v) is 9.21. The Morgan fingerprint density at radius 1 is 1.36 bits per heavy atom. The molecule has 0 aromatic carbocycles. The lowest BCUT2D eigenvalue weighted by atomic mass is 10.0. The van der Waals surface area contributed by atoms with E-state index < -0.39 is 12.0 Å². The number of likely N-dealkylation sites (tertiary alicyclic amines) is 1. The lowest BCUT2D eigenvalue weighted by molar-refractivity contribution is -0.152. The van der Waals surface area contributed by atoms with Crippen LogP contribution in [0, 0.1) is 13.8 Å². The fourth-order valence-corrected chi connectivity index (χ4v) is 4.32. The topological polar surface area (TPSA) is 103 Å². The van der Waals surface area contributed by atoms with Gasteiger partial charge in [-0.25, -0.2) is 9.78 Å². The first-order valence-electron chi connectivity index (χ1n) is 8.39. The molecule has 1 fully saturated rings. The molecule has 0 radical (unpaired) electrons. The van der Waals surface area contributed by atoms with E-state index in [9.17, 15) is 19.5 Å². The van der Waals surface area contributed by atoms with Gasteiger partial charge in [0.25, 0.3) is 5.56 Å². The monoisotopic (exact) mass is 363 g/mol. The van der Waals surface area contributed by atoms with Crippen LogP contribution in [0.3, 0.4) is 0 Å². The van der Waals surface area contributed by atoms with Gasteiger partial charge in [-0.15, -0.1) is 11.3 Å². The van der Waals surface area contributed by atoms with Crippen LogP contribution in [0.25, 0.3) is 10.2 Å². The van der Waals surface area contributed by atoms with Gasteiger partial charge in [0.15, 0.2) is 0 Å². The number of nitrogens with one attached hydrogen (secondary N) is 1. The predicted octanol–water partition coefficient (Wildman–Crippen LogP) is 2.00. The normalized spacial score (nSPS) is 17.8. The van der Waals surface area contributed by atoms with Crippen LogP contribution in [0.15, 0.2) is 4.79 Å². The first-order chi connectivity index (χ1) is 11.9. The third kappa shape index (κ3) is 3.44. The van der Waals surface area contributed by atoms with Crippen LogP contribution in [-0.2, 0) is 16.0 Å². The molecule has 1 atom stereocenters. The third-order valence-electron chi connectivity index (χ3n) is 4.77. The Kier molecular flexibility index (Phi) is 4.89. The highest BCUT2D eigenvalue weighted by Crippen LogP contribution is 2.26. The van der Waals surface area contributed by atoms with E-state index in [2.05, 4.69) is 9.97 Å². The van der Waals surface area contributed by atoms with Gasteiger partial charge in [0.2, 0.25) is 5.91 Å². The number of carboxylic acid groups (broad SMARTS) is 1. The number of H-pyrrole nitrogens is 1. The van der Waals surface area contributed by atoms with Crippen molar-refractivity contribution in [3.05, 3.63) is 26.6 Å². The number of carbonyl (C=O) groups is 2. The summed E-state index contributed by atoms with van der Waals surface area (Å²) in [7, 11) is 0. The summed E-state index contributed by atoms with van der Waals surface area (Å²) in [6.45, 7) is 4.32. The molecule has 0 spiro atoms. The Bertz CT molecular complexity index is 886. The molecule has 1 unspecified atom stereocenters. The van der Waals surface area contributed by atoms with Gasteiger partial charge in [0.1, 0.15) is 16.7 Å². The number of aromatic nitrogens is 2. The van der Waals surface area contributed by atoms with E-state index in [-0.39, 0.29) is 17.9 Å². The van der Waals surface area contributed by atoms with Gasteiger partial charge < -0.3 is 15.0 Å². The zero-order valence-corrected chi connectivity index (χ0v) is 15.1. The Labute approximate surface area is 148 Å². The maximum atomic E-state index is 12.4. The van der Waals surface area contributed by atoms with Crippen molar-refractivity contribution in [2.24, 2.45) is 0 Å². The minimum Gasteiger partial charge on any atom is -0.480 e. The Hall–Kier alpha value is -2.22. The highest BCUT2D eigenvalue weighted by Gasteiger charge is 2.31. The summed E-state index contributed by atoms with van der Waals surface area (Å²) in [6, 6.07) is -0.738. The van der Waals surface area contributed by atoms with Crippen molar-refractivity contribution in [2.45, 2.75) is 52.0 Å². The molecule has 8 heteroatoms. The molecule has 0 aliphatic carbocycles. The molecule has 25 heavy (non-hydrogen) atoms. The van der Waals surface area contributed by atoms with Gasteiger partial charge in [-0.05, 0) is 38.7 Å². The zero-order chi connectivity index (χ0) is 18.1. The zero-order valence-electron chi connectivity index (χ0n) is 14.3. The number of carboxylic acids is 1. The van der Waals surface area contributed by atoms with E-state index >= 15 is 0 Å². The van der Waals surface area contributed by atoms with Gasteiger partial charge in [0.05, 0.1) is 5.39 Å². The molecule has 2 aromatic rings. The summed E-state index contributed by atoms with van der Waals surface area (Å²) in [6.07, 6.45) is 2.58. The molecule has 1 aliphatic heterocycles. The van der Waals surface area contributed by atoms with E-state index in [1.54, 1.807) is 0 Å². The van der Waals surface area contributed by atoms with Gasteiger partial charge >= 0.3 is 5.97 Å². The number of aliphatic carboxylic acids is 1. The quantitative estimate of drug-likeness (QED) is 0.865. The molecule has 2 N–H and O–H groups in total. The SMILES string of the molecule is Cc1sc2nc(CCC(=O)N3CCCCC3C(=O)O)[nH]c(=O)c2c1C. The number of aromatic amines is 1. The fraction of sp³-hybridized carbons (Fsp3) is 0.529. The van der Waals surface area contributed by atoms with Crippen LogP contribution in [-0.4, -0.2) is 44.4 Å². The standard InChI is InChI=1S/C17H21N3O4S/c1-9-10(2)25-16-14(9)15(22)18-12(19-16)6-7-13(21)20-8-4-3-5-11(20)17(23)24/h11H,3-8H2,1-2H3,(H,23,24)(H,18,19,22). The number of aryl methyl sites for hydroxylation is 3. The summed E-state index contributed by atoms with van der Waals surface area (Å²) >= 11 is 1.47. The molecule has 3 rings (SSSR count). The summed E-state index contributed by atoms with van der Waals surface area (Å²) in [5.41, 5.74) is 0.754. The van der Waals surface area contributed by atoms with Gasteiger partial charge in [-0.1, -0.05) is 0 Å². The summed E-state index contributed by atoms with van der Waals surface area (Å²) in [5, 5.41) is 9.88. The maximum absolute atomic E-state index is 12.4. The summed E-state index contributed by atoms with van der Waals surface area (Å²) < 4.78 is 0. The van der Waals surface area contributed by atoms with Crippen LogP contribution in [0.4, 0.5) is 0 Å². The lowest BCUT2D eigenvalue weighted by Gasteiger charge is -2.33. The van der Waals surface area contributed by atoms with E-state index in [0.29, 0.717) is 35.4 Å². The number of rotatable bonds is 4. The van der Waals surface area contributed by atoms with Crippen LogP contribution in [0.1, 0.15) is 41.9 Å². The highest BCUT2D eigenvalue weighted by atomic mass is 32.1. The molecule has 1 saturated heterocycles. The minimum atomic E-state index is -0.953. The number of fused-ring (bicyclic) bond motifs is 1. The molecule has 7 nitrogen and oxygen atoms in total. The van der Waals surface area contributed by atoms with Crippen molar-refractivity contribution in [2.75, 3.05) is 6.54 Å². The number of piperidine rings is 1. The van der Waals surface area contributed by atoms with Gasteiger partial charge in [0, 0.05) is 24.3 Å². The van der Waals surface area contributed by atoms with E-state index in [1.165, 1.54) is 16.2 Å². The number of carbonyl (C=O) groups excluding carboxylic acids is 1. The van der Waals surface area contributed by atoms with Crippen LogP contribution in [0.5, 0.6) is 0 Å². The second-order valence-electron chi connectivity index (χ2n) is 6.41. The highest BCUT2D eigenvalue weighted by molar-refractivity contribution is 7.18. The van der Waals surface area contributed by atoms with Crippen molar-refractivity contribution < 1.29 is 14.7 Å². The smallest absolute Gasteiger partial charge is 0.326 e. The van der Waals surface area contributed by atoms with Gasteiger partial charge in [-0.2, -0.15) is 0 Å². The number of amides is 1. The van der Waals surface area contributed by atoms with Crippen LogP contribution < -0.4 is 5.56 Å². The Morgan fingerprint density at radius 2 is 2.12 bits per heavy atom. The molecule has 0 bridgehead atoms. The minimum absolute atomic E-state index is 0.140. The summed E-state index contributed by atoms with van der Waals surface area (Å²) in [4.78, 5) is 46.4. The summed E-state index contributed by atoms with van der Waals surface area (Å²) in [5.74, 6) is -0.685. The van der Waals surface area contributed by atoms with Crippen molar-refractivity contribution in [1.82, 2.24) is 14.9 Å². The second-order valence-corrected chi connectivity index (χ2v) is 7.62. The maximum Gasteiger partial charge on any atom is 0.326 e. The number of thiophene rings is 1. The van der Waals surface area contributed by atoms with E-state index in [1.807, 2.05) is 13.8 Å². The van der Waals surface area contributed by atoms with E-state index in [4.69, 9.17) is 0 Å². The number of hydrogen-bond acceptors (Lipinski definition) is 5. The van der Waals surface area contributed by atoms with Gasteiger partial charge in [-0.3, -0.25) is 9.59 Å². The molecule has 0 saturated carbocycles. The van der Waals surface area contributed by atoms with Crippen LogP contribution in [0.2, 0.25) is 0 Å². The molecule has 2 aromatic heterocycles. The Morgan fingerprint density at radius 3 is 2.84 bits per heavy atom. The fourth-order valence-electron chi connectivity index (χ4n) is 3.27. The van der Waals surface area contributed by atoms with Crippen molar-refractivity contribution in [3.63, 3.8) is 0 Å². The van der Waals surface area contributed by atoms with Crippen molar-refractivity contribution in [1.29, 1.82) is 0 Å². The Balaban J connectivity index is 1.75. The molecule has 1 amide bonds. The largest absolute Gasteiger partial charge is 0.480 e.